The number of carbonyl (C=O) groups is 2. The number of carbonyl (C=O) groups excluding carboxylic acids is 2. The van der Waals surface area contributed by atoms with Crippen molar-refractivity contribution in [2.75, 3.05) is 18.0 Å². The van der Waals surface area contributed by atoms with E-state index in [1.807, 2.05) is 19.1 Å². The summed E-state index contributed by atoms with van der Waals surface area (Å²) in [6, 6.07) is 18.5. The minimum absolute atomic E-state index is 0.0348. The molecule has 1 fully saturated rings. The number of nitrogens with one attached hydrogen (secondary N) is 1. The molecule has 0 bridgehead atoms. The number of methoxy groups -OCH3 is 1. The molecule has 0 radical (unpaired) electrons. The van der Waals surface area contributed by atoms with Crippen molar-refractivity contribution in [2.24, 2.45) is 0 Å². The van der Waals surface area contributed by atoms with Crippen LogP contribution in [0.4, 0.5) is 5.69 Å². The first-order valence-electron chi connectivity index (χ1n) is 13.9. The minimum atomic E-state index is -4.22. The minimum Gasteiger partial charge on any atom is -0.497 e. The molecule has 1 atom stereocenters. The fraction of sp³-hybridized carbons (Fsp3) is 0.355. The van der Waals surface area contributed by atoms with Gasteiger partial charge in [-0.1, -0.05) is 61.2 Å². The third kappa shape index (κ3) is 7.76. The van der Waals surface area contributed by atoms with Gasteiger partial charge in [0.05, 0.1) is 17.7 Å². The zero-order valence-corrected chi connectivity index (χ0v) is 26.0. The lowest BCUT2D eigenvalue weighted by Crippen LogP contribution is -2.53. The van der Waals surface area contributed by atoms with Crippen LogP contribution in [-0.4, -0.2) is 50.9 Å². The van der Waals surface area contributed by atoms with Crippen molar-refractivity contribution >= 4 is 50.7 Å². The van der Waals surface area contributed by atoms with E-state index < -0.39 is 28.5 Å². The highest BCUT2D eigenvalue weighted by molar-refractivity contribution is 7.92. The number of halogens is 2. The topological polar surface area (TPSA) is 96.0 Å². The van der Waals surface area contributed by atoms with Gasteiger partial charge in [0.25, 0.3) is 10.0 Å². The molecule has 1 saturated carbocycles. The van der Waals surface area contributed by atoms with Crippen molar-refractivity contribution in [1.82, 2.24) is 10.2 Å². The van der Waals surface area contributed by atoms with Crippen LogP contribution in [-0.2, 0) is 26.2 Å². The van der Waals surface area contributed by atoms with Gasteiger partial charge < -0.3 is 15.0 Å². The molecular weight excluding hydrogens is 597 g/mol. The van der Waals surface area contributed by atoms with Crippen LogP contribution in [0, 0.1) is 0 Å². The molecule has 1 N–H and O–H groups in total. The maximum atomic E-state index is 14.2. The van der Waals surface area contributed by atoms with Crippen LogP contribution in [0.5, 0.6) is 5.75 Å². The Labute approximate surface area is 257 Å². The quantitative estimate of drug-likeness (QED) is 0.262. The summed E-state index contributed by atoms with van der Waals surface area (Å²) in [6.45, 7) is 1.39. The van der Waals surface area contributed by atoms with Gasteiger partial charge in [0, 0.05) is 22.6 Å². The molecule has 0 heterocycles. The molecule has 0 aromatic heterocycles. The molecule has 0 unspecified atom stereocenters. The van der Waals surface area contributed by atoms with E-state index in [1.54, 1.807) is 37.4 Å². The highest BCUT2D eigenvalue weighted by atomic mass is 35.5. The normalized spacial score (nSPS) is 14.3. The summed E-state index contributed by atoms with van der Waals surface area (Å²) in [5, 5.41) is 3.80. The Hall–Kier alpha value is -3.27. The van der Waals surface area contributed by atoms with Gasteiger partial charge in [0.2, 0.25) is 11.8 Å². The molecule has 224 valence electrons. The maximum absolute atomic E-state index is 14.2. The number of benzene rings is 3. The van der Waals surface area contributed by atoms with E-state index in [0.717, 1.165) is 35.6 Å². The molecule has 3 aromatic carbocycles. The first-order chi connectivity index (χ1) is 20.1. The summed E-state index contributed by atoms with van der Waals surface area (Å²) < 4.78 is 34.1. The molecule has 0 spiro atoms. The van der Waals surface area contributed by atoms with Crippen LogP contribution in [0.25, 0.3) is 0 Å². The number of hydrogen-bond acceptors (Lipinski definition) is 5. The molecule has 0 aliphatic heterocycles. The highest BCUT2D eigenvalue weighted by Gasteiger charge is 2.34. The van der Waals surface area contributed by atoms with Crippen LogP contribution in [0.2, 0.25) is 10.0 Å². The largest absolute Gasteiger partial charge is 0.497 e. The van der Waals surface area contributed by atoms with Gasteiger partial charge in [-0.25, -0.2) is 8.42 Å². The molecule has 1 aliphatic carbocycles. The Bertz CT molecular complexity index is 1480. The zero-order chi connectivity index (χ0) is 30.3. The Morgan fingerprint density at radius 2 is 1.64 bits per heavy atom. The fourth-order valence-electron chi connectivity index (χ4n) is 5.11. The maximum Gasteiger partial charge on any atom is 0.264 e. The van der Waals surface area contributed by atoms with Gasteiger partial charge in [-0.2, -0.15) is 0 Å². The third-order valence-electron chi connectivity index (χ3n) is 7.38. The highest BCUT2D eigenvalue weighted by Crippen LogP contribution is 2.28. The van der Waals surface area contributed by atoms with E-state index >= 15 is 0 Å². The molecule has 42 heavy (non-hydrogen) atoms. The van der Waals surface area contributed by atoms with E-state index in [2.05, 4.69) is 5.32 Å². The van der Waals surface area contributed by atoms with Crippen LogP contribution in [0.1, 0.15) is 44.6 Å². The van der Waals surface area contributed by atoms with Gasteiger partial charge in [0.1, 0.15) is 18.3 Å². The lowest BCUT2D eigenvalue weighted by Gasteiger charge is -2.33. The summed E-state index contributed by atoms with van der Waals surface area (Å²) in [4.78, 5) is 29.1. The second-order valence-corrected chi connectivity index (χ2v) is 13.0. The van der Waals surface area contributed by atoms with Crippen molar-refractivity contribution in [1.29, 1.82) is 0 Å². The first kappa shape index (κ1) is 31.7. The number of amides is 2. The summed E-state index contributed by atoms with van der Waals surface area (Å²) >= 11 is 12.2. The number of hydrogen-bond donors (Lipinski definition) is 1. The summed E-state index contributed by atoms with van der Waals surface area (Å²) in [5.74, 6) is -0.123. The van der Waals surface area contributed by atoms with E-state index in [-0.39, 0.29) is 29.1 Å². The second kappa shape index (κ2) is 14.3. The van der Waals surface area contributed by atoms with E-state index in [0.29, 0.717) is 22.2 Å². The molecule has 0 saturated heterocycles. The summed E-state index contributed by atoms with van der Waals surface area (Å²) in [7, 11) is -2.65. The Kier molecular flexibility index (Phi) is 10.8. The van der Waals surface area contributed by atoms with Crippen LogP contribution in [0.15, 0.2) is 77.7 Å². The third-order valence-corrected chi connectivity index (χ3v) is 9.65. The molecule has 1 aliphatic rings. The first-order valence-corrected chi connectivity index (χ1v) is 16.1. The van der Waals surface area contributed by atoms with Gasteiger partial charge >= 0.3 is 0 Å². The SMILES string of the molecule is CC[C@H](C(=O)NC1CCCC1)N(Cc1ccc(OC)cc1)C(=O)CN(c1cccc(Cl)c1)S(=O)(=O)c1ccc(Cl)cc1. The molecular formula is C31H35Cl2N3O5S. The molecule has 3 aromatic rings. The monoisotopic (exact) mass is 631 g/mol. The Balaban J connectivity index is 1.71. The standard InChI is InChI=1S/C31H35Cl2N3O5S/c1-3-29(31(38)34-25-8-4-5-9-25)35(20-22-11-15-27(41-2)16-12-22)30(37)21-36(26-10-6-7-24(33)19-26)42(39,40)28-17-13-23(32)14-18-28/h6-7,10-19,25,29H,3-5,8-9,20-21H2,1-2H3,(H,34,38)/t29-/m1/s1. The van der Waals surface area contributed by atoms with Gasteiger partial charge in [-0.15, -0.1) is 0 Å². The lowest BCUT2D eigenvalue weighted by molar-refractivity contribution is -0.140. The van der Waals surface area contributed by atoms with Gasteiger partial charge in [0.15, 0.2) is 0 Å². The smallest absolute Gasteiger partial charge is 0.264 e. The number of anilines is 1. The van der Waals surface area contributed by atoms with Crippen molar-refractivity contribution < 1.29 is 22.7 Å². The van der Waals surface area contributed by atoms with E-state index in [4.69, 9.17) is 27.9 Å². The molecule has 2 amide bonds. The zero-order valence-electron chi connectivity index (χ0n) is 23.6. The lowest BCUT2D eigenvalue weighted by atomic mass is 10.1. The van der Waals surface area contributed by atoms with Crippen LogP contribution >= 0.6 is 23.2 Å². The number of rotatable bonds is 12. The van der Waals surface area contributed by atoms with Crippen LogP contribution in [0.3, 0.4) is 0 Å². The average molecular weight is 633 g/mol. The average Bonchev–Trinajstić information content (AvgIpc) is 3.49. The Morgan fingerprint density at radius 3 is 2.24 bits per heavy atom. The number of nitrogens with zero attached hydrogens (tertiary/aromatic N) is 2. The van der Waals surface area contributed by atoms with Crippen molar-refractivity contribution in [3.05, 3.63) is 88.4 Å². The number of sulfonamides is 1. The van der Waals surface area contributed by atoms with Gasteiger partial charge in [-0.3, -0.25) is 13.9 Å². The summed E-state index contributed by atoms with van der Waals surface area (Å²) in [6.07, 6.45) is 4.25. The molecule has 4 rings (SSSR count). The van der Waals surface area contributed by atoms with Crippen molar-refractivity contribution in [3.63, 3.8) is 0 Å². The predicted octanol–water partition coefficient (Wildman–Crippen LogP) is 6.06. The summed E-state index contributed by atoms with van der Waals surface area (Å²) in [5.41, 5.74) is 0.991. The van der Waals surface area contributed by atoms with E-state index in [9.17, 15) is 18.0 Å². The predicted molar refractivity (Wildman–Crippen MR) is 165 cm³/mol. The number of ether oxygens (including phenoxy) is 1. The Morgan fingerprint density at radius 1 is 0.976 bits per heavy atom. The molecule has 11 heteroatoms. The van der Waals surface area contributed by atoms with Crippen LogP contribution < -0.4 is 14.4 Å². The fourth-order valence-corrected chi connectivity index (χ4v) is 6.82. The van der Waals surface area contributed by atoms with Crippen molar-refractivity contribution in [2.45, 2.75) is 62.6 Å². The molecule has 8 nitrogen and oxygen atoms in total. The van der Waals surface area contributed by atoms with Crippen molar-refractivity contribution in [3.8, 4) is 5.75 Å². The second-order valence-electron chi connectivity index (χ2n) is 10.2. The van der Waals surface area contributed by atoms with Gasteiger partial charge in [-0.05, 0) is 79.4 Å². The van der Waals surface area contributed by atoms with E-state index in [1.165, 1.54) is 35.2 Å².